The van der Waals surface area contributed by atoms with Crippen LogP contribution < -0.4 is 25.7 Å². The summed E-state index contributed by atoms with van der Waals surface area (Å²) in [5, 5.41) is 27.5. The molecule has 3 aromatic heterocycles. The molecule has 6 atom stereocenters. The van der Waals surface area contributed by atoms with Gasteiger partial charge in [0.05, 0.1) is 59.1 Å². The number of aliphatic imine (C=N–C) groups is 1. The minimum atomic E-state index is -0.890. The molecule has 6 aromatic rings. The summed E-state index contributed by atoms with van der Waals surface area (Å²) in [6.07, 6.45) is 2.12. The van der Waals surface area contributed by atoms with Gasteiger partial charge >= 0.3 is 0 Å². The molecule has 1 fully saturated rings. The number of thiophene rings is 1. The maximum absolute atomic E-state index is 15.2. The zero-order valence-corrected chi connectivity index (χ0v) is 42.8. The van der Waals surface area contributed by atoms with Crippen LogP contribution in [-0.4, -0.2) is 98.1 Å². The summed E-state index contributed by atoms with van der Waals surface area (Å²) in [6, 6.07) is 17.2. The van der Waals surface area contributed by atoms with Gasteiger partial charge in [-0.25, -0.2) is 9.37 Å². The minimum Gasteiger partial charge on any atom is -0.492 e. The van der Waals surface area contributed by atoms with Crippen LogP contribution in [0, 0.1) is 32.5 Å². The molecule has 71 heavy (non-hydrogen) atoms. The number of nitrogens with zero attached hydrogens (tertiary/aromatic N) is 7. The molecule has 1 unspecified atom stereocenters. The number of aliphatic hydroxyl groups is 1. The Morgan fingerprint density at radius 1 is 0.986 bits per heavy atom. The fourth-order valence-electron chi connectivity index (χ4n) is 9.49. The summed E-state index contributed by atoms with van der Waals surface area (Å²) in [6.45, 7) is 13.9. The number of nitrogens with one attached hydrogen (secondary N) is 3. The summed E-state index contributed by atoms with van der Waals surface area (Å²) < 4.78 is 22.7. The maximum Gasteiger partial charge on any atom is 0.248 e. The van der Waals surface area contributed by atoms with Gasteiger partial charge in [0.2, 0.25) is 17.7 Å². The topological polar surface area (TPSA) is 179 Å². The van der Waals surface area contributed by atoms with Gasteiger partial charge in [0.25, 0.3) is 0 Å². The zero-order valence-electron chi connectivity index (χ0n) is 40.4. The Morgan fingerprint density at radius 3 is 2.45 bits per heavy atom. The molecule has 3 aromatic carbocycles. The van der Waals surface area contributed by atoms with Gasteiger partial charge in [-0.3, -0.25) is 34.4 Å². The summed E-state index contributed by atoms with van der Waals surface area (Å²) in [4.78, 5) is 57.2. The van der Waals surface area contributed by atoms with E-state index in [4.69, 9.17) is 21.3 Å². The van der Waals surface area contributed by atoms with Crippen LogP contribution in [0.5, 0.6) is 5.75 Å². The van der Waals surface area contributed by atoms with Crippen LogP contribution in [-0.2, 0) is 14.4 Å². The molecule has 0 radical (unpaired) electrons. The summed E-state index contributed by atoms with van der Waals surface area (Å²) in [5.74, 6) is -0.729. The van der Waals surface area contributed by atoms with Crippen molar-refractivity contribution < 1.29 is 28.6 Å². The van der Waals surface area contributed by atoms with Crippen LogP contribution in [0.15, 0.2) is 94.7 Å². The monoisotopic (exact) mass is 1020 g/mol. The highest BCUT2D eigenvalue weighted by Crippen LogP contribution is 2.42. The molecule has 0 spiro atoms. The number of hydrazone groups is 1. The number of likely N-dealkylation sites (tertiary alicyclic amines) is 1. The van der Waals surface area contributed by atoms with Crippen molar-refractivity contribution in [3.63, 3.8) is 0 Å². The van der Waals surface area contributed by atoms with E-state index in [1.54, 1.807) is 41.1 Å². The van der Waals surface area contributed by atoms with Crippen molar-refractivity contribution in [2.75, 3.05) is 24.6 Å². The van der Waals surface area contributed by atoms with E-state index >= 15 is 4.39 Å². The van der Waals surface area contributed by atoms with Crippen molar-refractivity contribution in [1.82, 2.24) is 35.7 Å². The molecule has 370 valence electrons. The van der Waals surface area contributed by atoms with Gasteiger partial charge in [0.1, 0.15) is 47.3 Å². The largest absolute Gasteiger partial charge is 0.492 e. The van der Waals surface area contributed by atoms with E-state index in [0.29, 0.717) is 16.1 Å². The van der Waals surface area contributed by atoms with E-state index < -0.39 is 30.0 Å². The highest BCUT2D eigenvalue weighted by atomic mass is 35.5. The van der Waals surface area contributed by atoms with Gasteiger partial charge in [-0.1, -0.05) is 61.8 Å². The number of fused-ring (bicyclic) bond motifs is 3. The third kappa shape index (κ3) is 10.3. The third-order valence-corrected chi connectivity index (χ3v) is 15.7. The molecule has 3 aliphatic heterocycles. The fraction of sp³-hybridized carbons (Fsp3) is 0.365. The summed E-state index contributed by atoms with van der Waals surface area (Å²) in [5.41, 5.74) is 12.8. The van der Waals surface area contributed by atoms with Gasteiger partial charge in [-0.05, 0) is 87.1 Å². The quantitative estimate of drug-likeness (QED) is 0.0736. The van der Waals surface area contributed by atoms with E-state index in [0.717, 1.165) is 54.9 Å². The van der Waals surface area contributed by atoms with E-state index in [1.165, 1.54) is 26.6 Å². The number of aliphatic hydroxyl groups excluding tert-OH is 1. The molecule has 6 heterocycles. The van der Waals surface area contributed by atoms with Crippen LogP contribution in [0.1, 0.15) is 85.4 Å². The van der Waals surface area contributed by atoms with E-state index in [1.807, 2.05) is 88.7 Å². The normalized spacial score (nSPS) is 19.3. The number of carbonyl (C=O) groups excluding carboxylic acids is 3. The molecular weight excluding hydrogens is 963 g/mol. The molecule has 9 rings (SSSR count). The lowest BCUT2D eigenvalue weighted by atomic mass is 9.99. The Labute approximate surface area is 424 Å². The molecule has 4 N–H and O–H groups in total. The van der Waals surface area contributed by atoms with Crippen molar-refractivity contribution in [2.45, 2.75) is 97.7 Å². The number of halogens is 2. The van der Waals surface area contributed by atoms with Crippen LogP contribution in [0.3, 0.4) is 0 Å². The number of aryl methyl sites for hydroxylation is 2. The Kier molecular flexibility index (Phi) is 14.4. The number of amidine groups is 1. The molecule has 1 saturated heterocycles. The minimum absolute atomic E-state index is 0.00295. The van der Waals surface area contributed by atoms with Gasteiger partial charge in [-0.2, -0.15) is 10.2 Å². The lowest BCUT2D eigenvalue weighted by Gasteiger charge is -2.30. The van der Waals surface area contributed by atoms with Gasteiger partial charge in [0, 0.05) is 51.8 Å². The van der Waals surface area contributed by atoms with Crippen molar-refractivity contribution >= 4 is 68.5 Å². The lowest BCUT2D eigenvalue weighted by molar-refractivity contribution is -0.142. The standard InChI is InChI=1S/C52H56ClFN10O5S2/c1-27(2)47(51(68)62-25-40(65)21-43(62)50(67)58-29(4)33-8-10-35(11-9-33)48-30(5)56-26-70-48)63-24-37(23-57-63)36-18-39(54)20-41(19-36)69-17-16-55-44(66)22-42-49-61-60-32(7)64(49)52-45(28(3)31(6)71-52)46(59-42)34-12-14-38(53)15-13-34/h8-15,18-20,23-24,26-27,29,40,42-43,47,49,61,65H,16-17,21-22,25H2,1-7H3,(H,55,66)(H,58,67)/t29-,40+,42-,43-,47-,49?/m0/s1. The number of carbonyl (C=O) groups is 3. The highest BCUT2D eigenvalue weighted by molar-refractivity contribution is 7.17. The molecule has 0 bridgehead atoms. The van der Waals surface area contributed by atoms with Crippen LogP contribution >= 0.6 is 34.3 Å². The van der Waals surface area contributed by atoms with Crippen molar-refractivity contribution in [3.05, 3.63) is 128 Å². The van der Waals surface area contributed by atoms with E-state index in [9.17, 15) is 19.5 Å². The number of thiazole rings is 1. The molecule has 0 aliphatic carbocycles. The number of anilines is 1. The fourth-order valence-corrected chi connectivity index (χ4v) is 11.7. The Morgan fingerprint density at radius 2 is 1.73 bits per heavy atom. The average molecular weight is 1020 g/mol. The second-order valence-corrected chi connectivity index (χ2v) is 21.1. The van der Waals surface area contributed by atoms with Gasteiger partial charge in [0.15, 0.2) is 0 Å². The molecule has 3 aliphatic rings. The summed E-state index contributed by atoms with van der Waals surface area (Å²) >= 11 is 9.51. The Hall–Kier alpha value is -6.47. The van der Waals surface area contributed by atoms with Crippen LogP contribution in [0.4, 0.5) is 9.39 Å². The number of amides is 3. The van der Waals surface area contributed by atoms with Gasteiger partial charge < -0.3 is 25.4 Å². The number of rotatable bonds is 15. The molecule has 19 heteroatoms. The smallest absolute Gasteiger partial charge is 0.248 e. The predicted octanol–water partition coefficient (Wildman–Crippen LogP) is 8.36. The third-order valence-electron chi connectivity index (χ3n) is 13.3. The number of ether oxygens (including phenoxy) is 1. The number of β-amino-alcohol motifs (C(OH)–C–C–N with tert-alkyl or cyclic N) is 1. The van der Waals surface area contributed by atoms with E-state index in [2.05, 4.69) is 50.0 Å². The number of hydrogen-bond acceptors (Lipinski definition) is 13. The zero-order chi connectivity index (χ0) is 50.2. The Bertz CT molecular complexity index is 3020. The van der Waals surface area contributed by atoms with Crippen molar-refractivity contribution in [2.24, 2.45) is 16.0 Å². The van der Waals surface area contributed by atoms with Crippen LogP contribution in [0.2, 0.25) is 5.02 Å². The first kappa shape index (κ1) is 49.5. The SMILES string of the molecule is CC1=NNC2[C@H](CC(=O)NCCOc3cc(F)cc(-c4cnn([C@H](C(=O)N5C[C@H](O)C[C@H]5C(=O)N[C@@H](C)c5ccc(-c6scnc6C)cc5)C(C)C)c4)c3)N=C(c3ccc(Cl)cc3)c3c(sc(C)c3C)N12. The highest BCUT2D eigenvalue weighted by Gasteiger charge is 2.44. The lowest BCUT2D eigenvalue weighted by Crippen LogP contribution is -2.49. The average Bonchev–Trinajstić information content (AvgIpc) is 4.19. The number of hydrogen-bond donors (Lipinski definition) is 4. The molecular formula is C52H56ClFN10O5S2. The molecule has 15 nitrogen and oxygen atoms in total. The van der Waals surface area contributed by atoms with Crippen LogP contribution in [0.25, 0.3) is 21.6 Å². The first-order valence-electron chi connectivity index (χ1n) is 23.6. The Balaban J connectivity index is 0.831. The second kappa shape index (κ2) is 20.7. The number of benzene rings is 3. The predicted molar refractivity (Wildman–Crippen MR) is 277 cm³/mol. The first-order valence-corrected chi connectivity index (χ1v) is 25.7. The summed E-state index contributed by atoms with van der Waals surface area (Å²) in [7, 11) is 0. The molecule has 3 amide bonds. The van der Waals surface area contributed by atoms with Crippen molar-refractivity contribution in [1.29, 1.82) is 0 Å². The van der Waals surface area contributed by atoms with Crippen molar-refractivity contribution in [3.8, 4) is 27.3 Å². The number of aromatic nitrogens is 3. The molecule has 0 saturated carbocycles. The van der Waals surface area contributed by atoms with E-state index in [-0.39, 0.29) is 74.1 Å². The first-order chi connectivity index (χ1) is 34.0. The second-order valence-electron chi connectivity index (χ2n) is 18.6. The van der Waals surface area contributed by atoms with Gasteiger partial charge in [-0.15, -0.1) is 22.7 Å². The maximum atomic E-state index is 15.2.